The Morgan fingerprint density at radius 1 is 1.08 bits per heavy atom. The average molecular weight is 571 g/mol. The van der Waals surface area contributed by atoms with Crippen LogP contribution in [0, 0.1) is 6.92 Å². The van der Waals surface area contributed by atoms with E-state index in [9.17, 15) is 22.8 Å². The number of hydrogen-bond donors (Lipinski definition) is 1. The zero-order valence-corrected chi connectivity index (χ0v) is 22.4. The molecule has 0 amide bonds. The normalized spacial score (nSPS) is 12.0. The molecule has 1 atom stereocenters. The molecule has 0 radical (unpaired) electrons. The molecule has 0 fully saturated rings. The number of carbonyl (C=O) groups excluding carboxylic acids is 1. The molecule has 1 aromatic heterocycles. The smallest absolute Gasteiger partial charge is 0.446 e. The molecule has 0 aliphatic heterocycles. The Morgan fingerprint density at radius 3 is 2.13 bits per heavy atom. The van der Waals surface area contributed by atoms with E-state index >= 15 is 0 Å². The monoisotopic (exact) mass is 570 g/mol. The molecule has 1 heterocycles. The Labute approximate surface area is 228 Å². The molecule has 1 unspecified atom stereocenters. The zero-order chi connectivity index (χ0) is 28.6. The molecule has 0 saturated carbocycles. The number of hydrogen-bond acceptors (Lipinski definition) is 4. The Hall–Kier alpha value is -3.14. The van der Waals surface area contributed by atoms with E-state index in [4.69, 9.17) is 33.1 Å². The number of pyridine rings is 1. The summed E-state index contributed by atoms with van der Waals surface area (Å²) < 4.78 is 32.9. The molecule has 3 aromatic rings. The number of carboxylic acids is 1. The molecule has 11 heteroatoms. The van der Waals surface area contributed by atoms with Crippen molar-refractivity contribution in [1.82, 2.24) is 9.47 Å². The maximum atomic E-state index is 12.8. The summed E-state index contributed by atoms with van der Waals surface area (Å²) >= 11 is 12.7. The number of nitrogens with zero attached hydrogens (tertiary/aromatic N) is 2. The van der Waals surface area contributed by atoms with Gasteiger partial charge >= 0.3 is 12.1 Å². The molecule has 0 saturated heterocycles. The summed E-state index contributed by atoms with van der Waals surface area (Å²) in [6, 6.07) is 16.6. The molecular formula is C27H27Cl2F3N2O4. The topological polar surface area (TPSA) is 79.6 Å². The van der Waals surface area contributed by atoms with Gasteiger partial charge in [-0.25, -0.2) is 4.79 Å². The number of alkyl halides is 3. The second-order valence-electron chi connectivity index (χ2n) is 8.66. The van der Waals surface area contributed by atoms with E-state index in [1.165, 1.54) is 17.2 Å². The standard InChI is InChI=1S/C25H26Cl2N2O3.C2HF3O/c1-16-4-8-19(9-5-16)17(2)28(3)15-23-21(26)14-22(27)24(30)29(23)13-12-18-6-10-20(11-7-18)25(31)32;3-2(4,5)1-6/h4-11,14,17H,12-13,15H2,1-3H3,(H,31,32);1H. The first-order valence-electron chi connectivity index (χ1n) is 11.4. The molecule has 6 nitrogen and oxygen atoms in total. The van der Waals surface area contributed by atoms with Gasteiger partial charge in [0.25, 0.3) is 5.56 Å². The first-order chi connectivity index (χ1) is 17.7. The van der Waals surface area contributed by atoms with Crippen LogP contribution in [-0.2, 0) is 24.3 Å². The van der Waals surface area contributed by atoms with Crippen LogP contribution in [-0.4, -0.2) is 40.1 Å². The van der Waals surface area contributed by atoms with E-state index in [1.807, 2.05) is 7.05 Å². The molecule has 0 spiro atoms. The minimum atomic E-state index is -4.64. The van der Waals surface area contributed by atoms with E-state index in [0.717, 1.165) is 5.56 Å². The second-order valence-corrected chi connectivity index (χ2v) is 9.47. The van der Waals surface area contributed by atoms with Crippen molar-refractivity contribution in [3.63, 3.8) is 0 Å². The predicted molar refractivity (Wildman–Crippen MR) is 141 cm³/mol. The average Bonchev–Trinajstić information content (AvgIpc) is 2.87. The summed E-state index contributed by atoms with van der Waals surface area (Å²) in [5.41, 5.74) is 3.94. The third kappa shape index (κ3) is 9.01. The predicted octanol–water partition coefficient (Wildman–Crippen LogP) is 6.35. The Kier molecular flexibility index (Phi) is 11.1. The number of benzene rings is 2. The quantitative estimate of drug-likeness (QED) is 0.319. The van der Waals surface area contributed by atoms with Gasteiger partial charge in [0.2, 0.25) is 6.29 Å². The molecule has 0 aliphatic carbocycles. The number of carbonyl (C=O) groups is 2. The first-order valence-corrected chi connectivity index (χ1v) is 12.2. The number of rotatable bonds is 8. The lowest BCUT2D eigenvalue weighted by Crippen LogP contribution is -2.30. The van der Waals surface area contributed by atoms with E-state index < -0.39 is 18.4 Å². The molecule has 204 valence electrons. The van der Waals surface area contributed by atoms with Crippen LogP contribution in [0.1, 0.15) is 45.7 Å². The van der Waals surface area contributed by atoms with Crippen LogP contribution in [0.2, 0.25) is 10.0 Å². The zero-order valence-electron chi connectivity index (χ0n) is 20.9. The van der Waals surface area contributed by atoms with Crippen LogP contribution >= 0.6 is 23.2 Å². The van der Waals surface area contributed by atoms with Crippen molar-refractivity contribution in [2.45, 2.75) is 45.6 Å². The summed E-state index contributed by atoms with van der Waals surface area (Å²) in [6.45, 7) is 5.02. The highest BCUT2D eigenvalue weighted by atomic mass is 35.5. The van der Waals surface area contributed by atoms with Crippen molar-refractivity contribution >= 4 is 35.5 Å². The van der Waals surface area contributed by atoms with Crippen molar-refractivity contribution in [2.24, 2.45) is 0 Å². The van der Waals surface area contributed by atoms with E-state index in [0.29, 0.717) is 30.2 Å². The highest BCUT2D eigenvalue weighted by molar-refractivity contribution is 6.34. The van der Waals surface area contributed by atoms with Gasteiger partial charge in [-0.3, -0.25) is 14.5 Å². The number of aldehydes is 1. The highest BCUT2D eigenvalue weighted by Crippen LogP contribution is 2.25. The highest BCUT2D eigenvalue weighted by Gasteiger charge is 2.25. The van der Waals surface area contributed by atoms with Gasteiger partial charge in [-0.1, -0.05) is 65.2 Å². The third-order valence-electron chi connectivity index (χ3n) is 5.88. The molecule has 0 bridgehead atoms. The molecular weight excluding hydrogens is 544 g/mol. The summed E-state index contributed by atoms with van der Waals surface area (Å²) in [6.07, 6.45) is -5.16. The summed E-state index contributed by atoms with van der Waals surface area (Å²) in [5.74, 6) is -0.970. The van der Waals surface area contributed by atoms with Gasteiger partial charge in [-0.05, 0) is 56.6 Å². The van der Waals surface area contributed by atoms with Crippen molar-refractivity contribution in [3.8, 4) is 0 Å². The fourth-order valence-electron chi connectivity index (χ4n) is 3.56. The molecule has 2 aromatic carbocycles. The lowest BCUT2D eigenvalue weighted by atomic mass is 10.1. The molecule has 3 rings (SSSR count). The fourth-order valence-corrected chi connectivity index (χ4v) is 4.10. The Bertz CT molecular complexity index is 1310. The van der Waals surface area contributed by atoms with Crippen molar-refractivity contribution < 1.29 is 27.9 Å². The Balaban J connectivity index is 0.000000757. The van der Waals surface area contributed by atoms with Crippen LogP contribution in [0.5, 0.6) is 0 Å². The lowest BCUT2D eigenvalue weighted by molar-refractivity contribution is -0.156. The molecule has 1 N–H and O–H groups in total. The largest absolute Gasteiger partial charge is 0.478 e. The summed E-state index contributed by atoms with van der Waals surface area (Å²) in [4.78, 5) is 34.7. The SMILES string of the molecule is Cc1ccc(C(C)N(C)Cc2c(Cl)cc(Cl)c(=O)n2CCc2ccc(C(=O)O)cc2)cc1.O=CC(F)(F)F. The molecule has 0 aliphatic rings. The van der Waals surface area contributed by atoms with Crippen molar-refractivity contribution in [2.75, 3.05) is 7.05 Å². The van der Waals surface area contributed by atoms with E-state index in [1.54, 1.807) is 28.8 Å². The van der Waals surface area contributed by atoms with Gasteiger partial charge in [0, 0.05) is 19.1 Å². The van der Waals surface area contributed by atoms with Crippen LogP contribution in [0.4, 0.5) is 13.2 Å². The van der Waals surface area contributed by atoms with Gasteiger partial charge in [0.15, 0.2) is 0 Å². The van der Waals surface area contributed by atoms with Gasteiger partial charge in [0.05, 0.1) is 16.3 Å². The first kappa shape index (κ1) is 31.1. The Morgan fingerprint density at radius 2 is 1.63 bits per heavy atom. The number of carboxylic acid groups (broad SMARTS) is 1. The van der Waals surface area contributed by atoms with Gasteiger partial charge < -0.3 is 9.67 Å². The minimum absolute atomic E-state index is 0.0780. The second kappa shape index (κ2) is 13.6. The third-order valence-corrected chi connectivity index (χ3v) is 6.48. The number of aryl methyl sites for hydroxylation is 2. The summed E-state index contributed by atoms with van der Waals surface area (Å²) in [5, 5.41) is 9.58. The van der Waals surface area contributed by atoms with Crippen LogP contribution < -0.4 is 5.56 Å². The number of aromatic carboxylic acids is 1. The number of aromatic nitrogens is 1. The van der Waals surface area contributed by atoms with E-state index in [2.05, 4.69) is 43.0 Å². The van der Waals surface area contributed by atoms with Crippen molar-refractivity contribution in [3.05, 3.63) is 103 Å². The lowest BCUT2D eigenvalue weighted by Gasteiger charge is -2.27. The van der Waals surface area contributed by atoms with Gasteiger partial charge in [0.1, 0.15) is 5.02 Å². The fraction of sp³-hybridized carbons (Fsp3) is 0.296. The maximum absolute atomic E-state index is 12.8. The van der Waals surface area contributed by atoms with Crippen LogP contribution in [0.15, 0.2) is 59.4 Å². The maximum Gasteiger partial charge on any atom is 0.446 e. The number of halogens is 5. The van der Waals surface area contributed by atoms with Gasteiger partial charge in [-0.15, -0.1) is 0 Å². The van der Waals surface area contributed by atoms with Crippen molar-refractivity contribution in [1.29, 1.82) is 0 Å². The summed E-state index contributed by atoms with van der Waals surface area (Å²) in [7, 11) is 1.99. The minimum Gasteiger partial charge on any atom is -0.478 e. The van der Waals surface area contributed by atoms with Crippen LogP contribution in [0.3, 0.4) is 0 Å². The van der Waals surface area contributed by atoms with Crippen LogP contribution in [0.25, 0.3) is 0 Å². The van der Waals surface area contributed by atoms with E-state index in [-0.39, 0.29) is 22.2 Å². The van der Waals surface area contributed by atoms with Gasteiger partial charge in [-0.2, -0.15) is 13.2 Å². The molecule has 38 heavy (non-hydrogen) atoms.